The van der Waals surface area contributed by atoms with E-state index in [4.69, 9.17) is 0 Å². The molecule has 0 atom stereocenters. The monoisotopic (exact) mass is 1080 g/mol. The van der Waals surface area contributed by atoms with Crippen LogP contribution in [0.4, 0.5) is 0 Å². The summed E-state index contributed by atoms with van der Waals surface area (Å²) in [5, 5.41) is 27.2. The number of nitriles is 1. The first kappa shape index (κ1) is 45.6. The topological polar surface area (TPSA) is 43.5 Å². The zero-order chi connectivity index (χ0) is 54.1. The third-order valence-electron chi connectivity index (χ3n) is 17.6. The second-order valence-corrected chi connectivity index (χ2v) is 24.1. The van der Waals surface area contributed by atoms with E-state index < -0.39 is 0 Å². The van der Waals surface area contributed by atoms with Crippen molar-refractivity contribution in [3.63, 3.8) is 0 Å². The predicted molar refractivity (Wildman–Crippen MR) is 349 cm³/mol. The zero-order valence-electron chi connectivity index (χ0n) is 44.6. The summed E-state index contributed by atoms with van der Waals surface area (Å²) in [7, 11) is 0. The Morgan fingerprint density at radius 2 is 0.622 bits per heavy atom. The van der Waals surface area contributed by atoms with Crippen LogP contribution in [0.15, 0.2) is 237 Å². The molecular weight excluding hydrogens is 1030 g/mol. The lowest BCUT2D eigenvalue weighted by atomic mass is 9.90. The molecule has 382 valence electrons. The Bertz CT molecular complexity index is 5450. The number of benzene rings is 12. The van der Waals surface area contributed by atoms with Crippen molar-refractivity contribution in [2.24, 2.45) is 0 Å². The maximum absolute atomic E-state index is 13.1. The molecular formula is C75H45N5S2. The van der Waals surface area contributed by atoms with Gasteiger partial charge in [-0.2, -0.15) is 5.26 Å². The second-order valence-electron chi connectivity index (χ2n) is 21.9. The number of aromatic nitrogens is 4. The average molecular weight is 1080 g/mol. The molecule has 82 heavy (non-hydrogen) atoms. The fraction of sp³-hybridized carbons (Fsp3) is 0.0267. The molecule has 0 fully saturated rings. The van der Waals surface area contributed by atoms with Crippen LogP contribution in [0.1, 0.15) is 16.7 Å². The summed E-state index contributed by atoms with van der Waals surface area (Å²) in [5.41, 5.74) is 16.7. The maximum atomic E-state index is 13.1. The van der Waals surface area contributed by atoms with Gasteiger partial charge < -0.3 is 18.3 Å². The van der Waals surface area contributed by atoms with Gasteiger partial charge >= 0.3 is 0 Å². The Morgan fingerprint density at radius 1 is 0.293 bits per heavy atom. The highest BCUT2D eigenvalue weighted by Crippen LogP contribution is 2.54. The van der Waals surface area contributed by atoms with Gasteiger partial charge in [-0.05, 0) is 97.8 Å². The summed E-state index contributed by atoms with van der Waals surface area (Å²) in [6.07, 6.45) is 0. The molecule has 0 unspecified atom stereocenters. The number of hydrogen-bond acceptors (Lipinski definition) is 3. The Balaban J connectivity index is 1.18. The molecule has 0 aliphatic rings. The van der Waals surface area contributed by atoms with Gasteiger partial charge in [0.05, 0.1) is 66.9 Å². The summed E-state index contributed by atoms with van der Waals surface area (Å²) in [4.78, 5) is 0. The van der Waals surface area contributed by atoms with Crippen LogP contribution in [-0.2, 0) is 0 Å². The molecule has 0 amide bonds. The highest BCUT2D eigenvalue weighted by Gasteiger charge is 2.36. The summed E-state index contributed by atoms with van der Waals surface area (Å²) < 4.78 is 14.9. The molecule has 0 bridgehead atoms. The number of rotatable bonds is 5. The van der Waals surface area contributed by atoms with E-state index in [-0.39, 0.29) is 0 Å². The zero-order valence-corrected chi connectivity index (χ0v) is 46.2. The fourth-order valence-electron chi connectivity index (χ4n) is 14.1. The first-order valence-electron chi connectivity index (χ1n) is 27.9. The molecule has 0 spiro atoms. The highest BCUT2D eigenvalue weighted by atomic mass is 32.1. The Labute approximate surface area is 477 Å². The van der Waals surface area contributed by atoms with Crippen molar-refractivity contribution in [1.29, 1.82) is 5.26 Å². The second kappa shape index (κ2) is 16.9. The molecule has 0 aliphatic heterocycles. The van der Waals surface area contributed by atoms with Crippen molar-refractivity contribution >= 4 is 150 Å². The van der Waals surface area contributed by atoms with Crippen molar-refractivity contribution in [2.45, 2.75) is 13.8 Å². The van der Waals surface area contributed by atoms with Gasteiger partial charge in [-0.25, -0.2) is 0 Å². The van der Waals surface area contributed by atoms with Crippen LogP contribution in [0, 0.1) is 25.2 Å². The predicted octanol–water partition coefficient (Wildman–Crippen LogP) is 21.0. The summed E-state index contributed by atoms with van der Waals surface area (Å²) in [6.45, 7) is 4.48. The van der Waals surface area contributed by atoms with Gasteiger partial charge in [0.2, 0.25) is 0 Å². The molecule has 0 radical (unpaired) electrons. The standard InChI is InChI=1S/C75H45N5S2/c1-43-35-36-44(2)53(37-43)71-74(79-63-31-15-7-23-49(63)54-38-56-51-25-9-17-33-67(51)81-69(56)40-65(54)79)72(77-59-27-11-3-19-45(59)46-20-4-12-28-60(46)77)58(42-76)73(78-61-29-13-5-21-47(61)48-22-6-14-30-62(48)78)75(71)80-64-32-16-8-24-50(64)55-39-57-52-26-10-18-34-68(52)82-70(57)41-66(55)80/h3-41H,1-2H3. The van der Waals surface area contributed by atoms with Gasteiger partial charge in [0, 0.05) is 89.0 Å². The first-order valence-corrected chi connectivity index (χ1v) is 29.5. The van der Waals surface area contributed by atoms with E-state index in [1.54, 1.807) is 0 Å². The molecule has 6 heterocycles. The first-order chi connectivity index (χ1) is 40.5. The summed E-state index contributed by atoms with van der Waals surface area (Å²) in [6, 6.07) is 90.2. The lowest BCUT2D eigenvalue weighted by molar-refractivity contribution is 1.04. The van der Waals surface area contributed by atoms with Crippen molar-refractivity contribution < 1.29 is 0 Å². The lowest BCUT2D eigenvalue weighted by Crippen LogP contribution is -2.16. The van der Waals surface area contributed by atoms with Crippen LogP contribution in [0.3, 0.4) is 0 Å². The van der Waals surface area contributed by atoms with Gasteiger partial charge in [0.1, 0.15) is 11.6 Å². The molecule has 0 N–H and O–H groups in total. The van der Waals surface area contributed by atoms with E-state index in [1.165, 1.54) is 40.3 Å². The van der Waals surface area contributed by atoms with Gasteiger partial charge in [-0.15, -0.1) is 22.7 Å². The van der Waals surface area contributed by atoms with Crippen LogP contribution in [0.5, 0.6) is 0 Å². The average Bonchev–Trinajstić information content (AvgIpc) is 3.76. The highest BCUT2D eigenvalue weighted by molar-refractivity contribution is 7.26. The van der Waals surface area contributed by atoms with E-state index in [0.29, 0.717) is 5.56 Å². The van der Waals surface area contributed by atoms with Crippen molar-refractivity contribution in [3.8, 4) is 39.9 Å². The van der Waals surface area contributed by atoms with E-state index in [1.807, 2.05) is 22.7 Å². The van der Waals surface area contributed by atoms with Gasteiger partial charge in [0.15, 0.2) is 0 Å². The SMILES string of the molecule is Cc1ccc(C)c(-c2c(-n3c4ccccc4c4cc5c(cc43)sc3ccccc35)c(-n3c4ccccc4c4ccccc43)c(C#N)c(-n3c4ccccc4c4ccccc43)c2-n2c3ccccc3c3cc4c(cc32)sc2ccccc24)c1. The minimum absolute atomic E-state index is 0.555. The smallest absolute Gasteiger partial charge is 0.104 e. The number of thiophene rings is 2. The van der Waals surface area contributed by atoms with Crippen LogP contribution in [-0.4, -0.2) is 18.3 Å². The molecule has 0 aliphatic carbocycles. The van der Waals surface area contributed by atoms with E-state index in [2.05, 4.69) is 275 Å². The Hall–Kier alpha value is -10.2. The summed E-state index contributed by atoms with van der Waals surface area (Å²) >= 11 is 3.68. The number of nitrogens with zero attached hydrogens (tertiary/aromatic N) is 5. The Kier molecular flexibility index (Phi) is 9.40. The minimum atomic E-state index is 0.555. The van der Waals surface area contributed by atoms with E-state index >= 15 is 0 Å². The molecule has 0 saturated carbocycles. The Morgan fingerprint density at radius 3 is 1.00 bits per heavy atom. The molecule has 18 aromatic rings. The van der Waals surface area contributed by atoms with Crippen LogP contribution in [0.25, 0.3) is 161 Å². The van der Waals surface area contributed by atoms with Crippen LogP contribution >= 0.6 is 22.7 Å². The largest absolute Gasteiger partial charge is 0.306 e. The van der Waals surface area contributed by atoms with E-state index in [0.717, 1.165) is 132 Å². The van der Waals surface area contributed by atoms with Crippen LogP contribution < -0.4 is 0 Å². The van der Waals surface area contributed by atoms with Gasteiger partial charge in [-0.1, -0.05) is 169 Å². The minimum Gasteiger partial charge on any atom is -0.306 e. The normalized spacial score (nSPS) is 12.3. The van der Waals surface area contributed by atoms with E-state index in [9.17, 15) is 5.26 Å². The fourth-order valence-corrected chi connectivity index (χ4v) is 16.4. The molecule has 6 aromatic heterocycles. The maximum Gasteiger partial charge on any atom is 0.104 e. The van der Waals surface area contributed by atoms with Gasteiger partial charge in [0.25, 0.3) is 0 Å². The van der Waals surface area contributed by atoms with Crippen LogP contribution in [0.2, 0.25) is 0 Å². The molecule has 7 heteroatoms. The lowest BCUT2D eigenvalue weighted by Gasteiger charge is -2.30. The molecule has 12 aromatic carbocycles. The van der Waals surface area contributed by atoms with Crippen molar-refractivity contribution in [1.82, 2.24) is 18.3 Å². The van der Waals surface area contributed by atoms with Crippen molar-refractivity contribution in [2.75, 3.05) is 0 Å². The third-order valence-corrected chi connectivity index (χ3v) is 19.8. The molecule has 5 nitrogen and oxygen atoms in total. The number of aryl methyl sites for hydroxylation is 2. The quantitative estimate of drug-likeness (QED) is 0.169. The van der Waals surface area contributed by atoms with Crippen molar-refractivity contribution in [3.05, 3.63) is 253 Å². The molecule has 0 saturated heterocycles. The number of para-hydroxylation sites is 6. The third kappa shape index (κ3) is 6.09. The molecule has 18 rings (SSSR count). The number of fused-ring (bicyclic) bond motifs is 18. The van der Waals surface area contributed by atoms with Gasteiger partial charge in [-0.3, -0.25) is 0 Å². The summed E-state index contributed by atoms with van der Waals surface area (Å²) in [5.74, 6) is 0. The number of hydrogen-bond donors (Lipinski definition) is 0.